The lowest BCUT2D eigenvalue weighted by atomic mass is 9.85. The van der Waals surface area contributed by atoms with Crippen molar-refractivity contribution in [2.45, 2.75) is 44.6 Å². The second kappa shape index (κ2) is 7.31. The summed E-state index contributed by atoms with van der Waals surface area (Å²) in [5.74, 6) is 0.777. The number of aromatic nitrogens is 1. The van der Waals surface area contributed by atoms with Gasteiger partial charge in [0.25, 0.3) is 0 Å². The smallest absolute Gasteiger partial charge is 0.411 e. The molecule has 7 heteroatoms. The molecule has 0 saturated heterocycles. The second-order valence-electron chi connectivity index (χ2n) is 5.61. The largest absolute Gasteiger partial charge is 0.450 e. The number of carbonyl (C=O) groups excluding carboxylic acids is 1. The summed E-state index contributed by atoms with van der Waals surface area (Å²) in [6, 6.07) is 3.37. The van der Waals surface area contributed by atoms with E-state index in [1.165, 1.54) is 6.42 Å². The van der Waals surface area contributed by atoms with Crippen LogP contribution in [0.25, 0.3) is 0 Å². The van der Waals surface area contributed by atoms with Crippen molar-refractivity contribution in [1.29, 1.82) is 0 Å². The van der Waals surface area contributed by atoms with Crippen molar-refractivity contribution in [3.63, 3.8) is 0 Å². The van der Waals surface area contributed by atoms with Gasteiger partial charge in [-0.1, -0.05) is 19.3 Å². The third-order valence-electron chi connectivity index (χ3n) is 3.82. The standard InChI is InChI=1S/C15H24N4O3/c1-2-22-14(20)18-11-6-7-12(19-13(11)16)17-10-15(21)8-4-3-5-9-15/h6-7,21H,2-5,8-10H2,1H3,(H,18,20)(H3,16,17,19). The number of rotatable bonds is 5. The lowest BCUT2D eigenvalue weighted by molar-refractivity contribution is 0.0166. The van der Waals surface area contributed by atoms with Crippen molar-refractivity contribution in [3.8, 4) is 0 Å². The molecule has 0 aromatic carbocycles. The highest BCUT2D eigenvalue weighted by atomic mass is 16.5. The Morgan fingerprint density at radius 1 is 1.41 bits per heavy atom. The van der Waals surface area contributed by atoms with E-state index in [0.717, 1.165) is 25.7 Å². The van der Waals surface area contributed by atoms with Crippen molar-refractivity contribution in [2.24, 2.45) is 0 Å². The van der Waals surface area contributed by atoms with Crippen molar-refractivity contribution in [3.05, 3.63) is 12.1 Å². The maximum Gasteiger partial charge on any atom is 0.411 e. The quantitative estimate of drug-likeness (QED) is 0.664. The molecule has 122 valence electrons. The molecule has 0 aliphatic heterocycles. The first-order valence-electron chi connectivity index (χ1n) is 7.69. The van der Waals surface area contributed by atoms with E-state index in [0.29, 0.717) is 18.1 Å². The third-order valence-corrected chi connectivity index (χ3v) is 3.82. The van der Waals surface area contributed by atoms with Crippen LogP contribution in [-0.4, -0.2) is 34.9 Å². The zero-order chi connectivity index (χ0) is 16.0. The number of nitrogen functional groups attached to an aromatic ring is 1. The first-order valence-corrected chi connectivity index (χ1v) is 7.69. The molecule has 1 fully saturated rings. The molecule has 2 rings (SSSR count). The minimum absolute atomic E-state index is 0.202. The number of hydrogen-bond donors (Lipinski definition) is 4. The van der Waals surface area contributed by atoms with Gasteiger partial charge in [0.05, 0.1) is 17.9 Å². The van der Waals surface area contributed by atoms with Crippen LogP contribution in [0.3, 0.4) is 0 Å². The molecule has 5 N–H and O–H groups in total. The van der Waals surface area contributed by atoms with Gasteiger partial charge in [-0.3, -0.25) is 5.32 Å². The predicted octanol–water partition coefficient (Wildman–Crippen LogP) is 2.34. The average molecular weight is 308 g/mol. The minimum atomic E-state index is -0.670. The van der Waals surface area contributed by atoms with Gasteiger partial charge in [-0.05, 0) is 31.9 Å². The number of aliphatic hydroxyl groups is 1. The van der Waals surface area contributed by atoms with E-state index in [2.05, 4.69) is 15.6 Å². The zero-order valence-corrected chi connectivity index (χ0v) is 12.9. The number of anilines is 3. The van der Waals surface area contributed by atoms with E-state index in [1.807, 2.05) is 0 Å². The lowest BCUT2D eigenvalue weighted by Crippen LogP contribution is -2.38. The summed E-state index contributed by atoms with van der Waals surface area (Å²) in [6.45, 7) is 2.46. The number of amides is 1. The fraction of sp³-hybridized carbons (Fsp3) is 0.600. The summed E-state index contributed by atoms with van der Waals surface area (Å²) in [5.41, 5.74) is 5.56. The Morgan fingerprint density at radius 2 is 2.14 bits per heavy atom. The number of nitrogens with zero attached hydrogens (tertiary/aromatic N) is 1. The maximum absolute atomic E-state index is 11.4. The number of carbonyl (C=O) groups is 1. The van der Waals surface area contributed by atoms with E-state index < -0.39 is 11.7 Å². The van der Waals surface area contributed by atoms with Crippen LogP contribution in [0.1, 0.15) is 39.0 Å². The molecule has 1 aromatic heterocycles. The predicted molar refractivity (Wildman–Crippen MR) is 85.8 cm³/mol. The number of nitrogens with one attached hydrogen (secondary N) is 2. The molecule has 1 aromatic rings. The van der Waals surface area contributed by atoms with E-state index in [4.69, 9.17) is 10.5 Å². The molecule has 22 heavy (non-hydrogen) atoms. The Labute approximate surface area is 130 Å². The maximum atomic E-state index is 11.4. The van der Waals surface area contributed by atoms with Crippen molar-refractivity contribution >= 4 is 23.4 Å². The zero-order valence-electron chi connectivity index (χ0n) is 12.9. The van der Waals surface area contributed by atoms with Gasteiger partial charge >= 0.3 is 6.09 Å². The van der Waals surface area contributed by atoms with Crippen molar-refractivity contribution < 1.29 is 14.6 Å². The molecule has 1 aliphatic rings. The van der Waals surface area contributed by atoms with Gasteiger partial charge < -0.3 is 20.9 Å². The van der Waals surface area contributed by atoms with Crippen LogP contribution in [0.4, 0.5) is 22.1 Å². The molecule has 7 nitrogen and oxygen atoms in total. The second-order valence-corrected chi connectivity index (χ2v) is 5.61. The van der Waals surface area contributed by atoms with E-state index in [1.54, 1.807) is 19.1 Å². The van der Waals surface area contributed by atoms with Crippen LogP contribution < -0.4 is 16.4 Å². The summed E-state index contributed by atoms with van der Waals surface area (Å²) >= 11 is 0. The number of ether oxygens (including phenoxy) is 1. The number of hydrogen-bond acceptors (Lipinski definition) is 6. The summed E-state index contributed by atoms with van der Waals surface area (Å²) in [4.78, 5) is 15.5. The molecule has 0 bridgehead atoms. The summed E-state index contributed by atoms with van der Waals surface area (Å²) in [6.07, 6.45) is 4.33. The van der Waals surface area contributed by atoms with Gasteiger partial charge in [0.15, 0.2) is 0 Å². The van der Waals surface area contributed by atoms with Gasteiger partial charge in [0.2, 0.25) is 0 Å². The summed E-state index contributed by atoms with van der Waals surface area (Å²) < 4.78 is 4.79. The number of nitrogens with two attached hydrogens (primary N) is 1. The van der Waals surface area contributed by atoms with Crippen molar-refractivity contribution in [1.82, 2.24) is 4.98 Å². The number of pyridine rings is 1. The van der Waals surface area contributed by atoms with Crippen molar-refractivity contribution in [2.75, 3.05) is 29.5 Å². The molecule has 0 radical (unpaired) electrons. The fourth-order valence-electron chi connectivity index (χ4n) is 2.60. The van der Waals surface area contributed by atoms with Crippen LogP contribution in [0, 0.1) is 0 Å². The van der Waals surface area contributed by atoms with Gasteiger partial charge in [-0.15, -0.1) is 0 Å². The highest BCUT2D eigenvalue weighted by molar-refractivity contribution is 5.88. The first-order chi connectivity index (χ1) is 10.5. The van der Waals surface area contributed by atoms with Crippen LogP contribution >= 0.6 is 0 Å². The highest BCUT2D eigenvalue weighted by Crippen LogP contribution is 2.28. The summed E-state index contributed by atoms with van der Waals surface area (Å²) in [5, 5.41) is 16.1. The Balaban J connectivity index is 1.92. The normalized spacial score (nSPS) is 16.8. The van der Waals surface area contributed by atoms with E-state index in [9.17, 15) is 9.90 Å². The first kappa shape index (κ1) is 16.4. The molecular weight excluding hydrogens is 284 g/mol. The van der Waals surface area contributed by atoms with E-state index in [-0.39, 0.29) is 12.4 Å². The van der Waals surface area contributed by atoms with Gasteiger partial charge in [-0.2, -0.15) is 0 Å². The van der Waals surface area contributed by atoms with Crippen LogP contribution in [0.2, 0.25) is 0 Å². The monoisotopic (exact) mass is 308 g/mol. The van der Waals surface area contributed by atoms with Crippen LogP contribution in [-0.2, 0) is 4.74 Å². The SMILES string of the molecule is CCOC(=O)Nc1ccc(NCC2(O)CCCCC2)nc1N. The molecule has 0 unspecified atom stereocenters. The molecule has 0 atom stereocenters. The van der Waals surface area contributed by atoms with Gasteiger partial charge in [0, 0.05) is 6.54 Å². The Hall–Kier alpha value is -2.02. The van der Waals surface area contributed by atoms with Gasteiger partial charge in [-0.25, -0.2) is 9.78 Å². The third kappa shape index (κ3) is 4.49. The van der Waals surface area contributed by atoms with Crippen LogP contribution in [0.15, 0.2) is 12.1 Å². The Kier molecular flexibility index (Phi) is 5.43. The molecule has 1 aliphatic carbocycles. The van der Waals surface area contributed by atoms with E-state index >= 15 is 0 Å². The highest BCUT2D eigenvalue weighted by Gasteiger charge is 2.28. The lowest BCUT2D eigenvalue weighted by Gasteiger charge is -2.32. The molecule has 1 saturated carbocycles. The summed E-state index contributed by atoms with van der Waals surface area (Å²) in [7, 11) is 0. The average Bonchev–Trinajstić information content (AvgIpc) is 2.49. The molecule has 1 heterocycles. The molecule has 0 spiro atoms. The van der Waals surface area contributed by atoms with Gasteiger partial charge in [0.1, 0.15) is 11.6 Å². The molecule has 1 amide bonds. The minimum Gasteiger partial charge on any atom is -0.450 e. The fourth-order valence-corrected chi connectivity index (χ4v) is 2.60. The molecular formula is C15H24N4O3. The Morgan fingerprint density at radius 3 is 2.77 bits per heavy atom. The Bertz CT molecular complexity index is 516. The topological polar surface area (TPSA) is 110 Å². The van der Waals surface area contributed by atoms with Crippen LogP contribution in [0.5, 0.6) is 0 Å².